The lowest BCUT2D eigenvalue weighted by atomic mass is 9.99. The molecule has 1 saturated heterocycles. The standard InChI is InChI=1S/C15H19N3O2/c1-10-9-18(7-6-16-10)15(20)12-2-4-13-11(8-12)3-5-14(19)17-13/h2,4,8,10,16H,3,5-7,9H2,1H3,(H,17,19)/t10-/m0/s1. The van der Waals surface area contributed by atoms with Crippen LogP contribution in [0.5, 0.6) is 0 Å². The minimum atomic E-state index is 0.0486. The van der Waals surface area contributed by atoms with Gasteiger partial charge in [0, 0.05) is 43.3 Å². The largest absolute Gasteiger partial charge is 0.336 e. The summed E-state index contributed by atoms with van der Waals surface area (Å²) in [4.78, 5) is 25.7. The van der Waals surface area contributed by atoms with Gasteiger partial charge in [0.1, 0.15) is 0 Å². The highest BCUT2D eigenvalue weighted by Crippen LogP contribution is 2.24. The monoisotopic (exact) mass is 273 g/mol. The second-order valence-electron chi connectivity index (χ2n) is 5.53. The number of aryl methyl sites for hydroxylation is 1. The van der Waals surface area contributed by atoms with Gasteiger partial charge in [0.15, 0.2) is 0 Å². The van der Waals surface area contributed by atoms with Crippen LogP contribution >= 0.6 is 0 Å². The van der Waals surface area contributed by atoms with Crippen molar-refractivity contribution in [3.05, 3.63) is 29.3 Å². The molecule has 0 spiro atoms. The maximum Gasteiger partial charge on any atom is 0.253 e. The topological polar surface area (TPSA) is 61.4 Å². The van der Waals surface area contributed by atoms with Gasteiger partial charge >= 0.3 is 0 Å². The number of amides is 2. The number of anilines is 1. The fourth-order valence-corrected chi connectivity index (χ4v) is 2.82. The molecule has 0 bridgehead atoms. The fourth-order valence-electron chi connectivity index (χ4n) is 2.82. The molecule has 5 heteroatoms. The summed E-state index contributed by atoms with van der Waals surface area (Å²) in [5.41, 5.74) is 2.61. The third-order valence-corrected chi connectivity index (χ3v) is 3.90. The summed E-state index contributed by atoms with van der Waals surface area (Å²) < 4.78 is 0. The minimum absolute atomic E-state index is 0.0486. The number of carbonyl (C=O) groups is 2. The van der Waals surface area contributed by atoms with Crippen LogP contribution in [0.3, 0.4) is 0 Å². The quantitative estimate of drug-likeness (QED) is 0.802. The third kappa shape index (κ3) is 2.54. The zero-order chi connectivity index (χ0) is 14.1. The van der Waals surface area contributed by atoms with E-state index >= 15 is 0 Å². The molecule has 2 amide bonds. The van der Waals surface area contributed by atoms with Crippen LogP contribution in [0.1, 0.15) is 29.3 Å². The highest BCUT2D eigenvalue weighted by Gasteiger charge is 2.23. The number of carbonyl (C=O) groups excluding carboxylic acids is 2. The van der Waals surface area contributed by atoms with Crippen molar-refractivity contribution in [2.45, 2.75) is 25.8 Å². The molecule has 2 aliphatic heterocycles. The lowest BCUT2D eigenvalue weighted by Crippen LogP contribution is -2.51. The Morgan fingerprint density at radius 1 is 1.35 bits per heavy atom. The number of hydrogen-bond donors (Lipinski definition) is 2. The average Bonchev–Trinajstić information content (AvgIpc) is 2.46. The number of benzene rings is 1. The van der Waals surface area contributed by atoms with E-state index in [9.17, 15) is 9.59 Å². The van der Waals surface area contributed by atoms with E-state index in [1.54, 1.807) is 6.07 Å². The lowest BCUT2D eigenvalue weighted by Gasteiger charge is -2.32. The van der Waals surface area contributed by atoms with Gasteiger partial charge in [-0.05, 0) is 37.1 Å². The van der Waals surface area contributed by atoms with Gasteiger partial charge in [-0.25, -0.2) is 0 Å². The molecule has 1 fully saturated rings. The molecule has 3 rings (SSSR count). The number of piperazine rings is 1. The second kappa shape index (κ2) is 5.25. The van der Waals surface area contributed by atoms with Crippen molar-refractivity contribution in [3.8, 4) is 0 Å². The molecule has 1 atom stereocenters. The number of nitrogens with zero attached hydrogens (tertiary/aromatic N) is 1. The van der Waals surface area contributed by atoms with Crippen molar-refractivity contribution in [1.29, 1.82) is 0 Å². The van der Waals surface area contributed by atoms with E-state index in [0.717, 1.165) is 30.9 Å². The highest BCUT2D eigenvalue weighted by molar-refractivity contribution is 5.98. The molecule has 0 saturated carbocycles. The van der Waals surface area contributed by atoms with Crippen molar-refractivity contribution in [3.63, 3.8) is 0 Å². The van der Waals surface area contributed by atoms with Crippen molar-refractivity contribution in [2.75, 3.05) is 25.0 Å². The first-order valence-corrected chi connectivity index (χ1v) is 7.09. The van der Waals surface area contributed by atoms with E-state index in [2.05, 4.69) is 17.6 Å². The van der Waals surface area contributed by atoms with E-state index in [1.165, 1.54) is 0 Å². The number of rotatable bonds is 1. The smallest absolute Gasteiger partial charge is 0.253 e. The highest BCUT2D eigenvalue weighted by atomic mass is 16.2. The van der Waals surface area contributed by atoms with Crippen molar-refractivity contribution in [1.82, 2.24) is 10.2 Å². The maximum absolute atomic E-state index is 12.5. The molecule has 5 nitrogen and oxygen atoms in total. The first-order chi connectivity index (χ1) is 9.63. The minimum Gasteiger partial charge on any atom is -0.336 e. The van der Waals surface area contributed by atoms with Crippen LogP contribution in [0.4, 0.5) is 5.69 Å². The molecular weight excluding hydrogens is 254 g/mol. The van der Waals surface area contributed by atoms with Gasteiger partial charge in [-0.1, -0.05) is 0 Å². The van der Waals surface area contributed by atoms with Crippen molar-refractivity contribution in [2.24, 2.45) is 0 Å². The SMILES string of the molecule is C[C@H]1CN(C(=O)c2ccc3c(c2)CCC(=O)N3)CCN1. The molecule has 2 heterocycles. The van der Waals surface area contributed by atoms with Gasteiger partial charge < -0.3 is 15.5 Å². The van der Waals surface area contributed by atoms with Crippen LogP contribution in [-0.2, 0) is 11.2 Å². The zero-order valence-electron chi connectivity index (χ0n) is 11.6. The molecular formula is C15H19N3O2. The van der Waals surface area contributed by atoms with Crippen LogP contribution in [0.25, 0.3) is 0 Å². The Labute approximate surface area is 118 Å². The predicted octanol–water partition coefficient (Wildman–Crippen LogP) is 1.01. The van der Waals surface area contributed by atoms with Crippen molar-refractivity contribution >= 4 is 17.5 Å². The van der Waals surface area contributed by atoms with Gasteiger partial charge in [-0.3, -0.25) is 9.59 Å². The molecule has 1 aromatic carbocycles. The van der Waals surface area contributed by atoms with E-state index in [0.29, 0.717) is 24.4 Å². The molecule has 2 aliphatic rings. The van der Waals surface area contributed by atoms with Gasteiger partial charge in [0.05, 0.1) is 0 Å². The van der Waals surface area contributed by atoms with Gasteiger partial charge in [0.2, 0.25) is 5.91 Å². The summed E-state index contributed by atoms with van der Waals surface area (Å²) in [7, 11) is 0. The summed E-state index contributed by atoms with van der Waals surface area (Å²) in [6.07, 6.45) is 1.20. The van der Waals surface area contributed by atoms with E-state index in [-0.39, 0.29) is 11.8 Å². The predicted molar refractivity (Wildman–Crippen MR) is 76.8 cm³/mol. The van der Waals surface area contributed by atoms with Crippen LogP contribution in [0.2, 0.25) is 0 Å². The molecule has 20 heavy (non-hydrogen) atoms. The Balaban J connectivity index is 1.80. The molecule has 0 unspecified atom stereocenters. The second-order valence-corrected chi connectivity index (χ2v) is 5.53. The Hall–Kier alpha value is -1.88. The molecule has 0 aromatic heterocycles. The van der Waals surface area contributed by atoms with Crippen LogP contribution in [0.15, 0.2) is 18.2 Å². The summed E-state index contributed by atoms with van der Waals surface area (Å²) in [5, 5.41) is 6.17. The molecule has 2 N–H and O–H groups in total. The number of nitrogens with one attached hydrogen (secondary N) is 2. The molecule has 0 radical (unpaired) electrons. The summed E-state index contributed by atoms with van der Waals surface area (Å²) in [6, 6.07) is 5.90. The number of fused-ring (bicyclic) bond motifs is 1. The van der Waals surface area contributed by atoms with Gasteiger partial charge in [0.25, 0.3) is 5.91 Å². The van der Waals surface area contributed by atoms with Crippen molar-refractivity contribution < 1.29 is 9.59 Å². The fraction of sp³-hybridized carbons (Fsp3) is 0.467. The Kier molecular flexibility index (Phi) is 3.44. The first-order valence-electron chi connectivity index (χ1n) is 7.09. The lowest BCUT2D eigenvalue weighted by molar-refractivity contribution is -0.116. The Morgan fingerprint density at radius 3 is 3.00 bits per heavy atom. The van der Waals surface area contributed by atoms with E-state index in [4.69, 9.17) is 0 Å². The summed E-state index contributed by atoms with van der Waals surface area (Å²) >= 11 is 0. The normalized spacial score (nSPS) is 22.1. The summed E-state index contributed by atoms with van der Waals surface area (Å²) in [6.45, 7) is 4.42. The summed E-state index contributed by atoms with van der Waals surface area (Å²) in [5.74, 6) is 0.130. The van der Waals surface area contributed by atoms with Crippen LogP contribution in [0, 0.1) is 0 Å². The van der Waals surface area contributed by atoms with Gasteiger partial charge in [-0.2, -0.15) is 0 Å². The van der Waals surface area contributed by atoms with E-state index < -0.39 is 0 Å². The Morgan fingerprint density at radius 2 is 2.20 bits per heavy atom. The maximum atomic E-state index is 12.5. The average molecular weight is 273 g/mol. The zero-order valence-corrected chi connectivity index (χ0v) is 11.6. The molecule has 1 aromatic rings. The first kappa shape index (κ1) is 13.1. The molecule has 106 valence electrons. The number of hydrogen-bond acceptors (Lipinski definition) is 3. The van der Waals surface area contributed by atoms with Gasteiger partial charge in [-0.15, -0.1) is 0 Å². The van der Waals surface area contributed by atoms with Crippen LogP contribution in [-0.4, -0.2) is 42.4 Å². The molecule has 0 aliphatic carbocycles. The van der Waals surface area contributed by atoms with E-state index in [1.807, 2.05) is 17.0 Å². The third-order valence-electron chi connectivity index (χ3n) is 3.90. The Bertz CT molecular complexity index is 556. The van der Waals surface area contributed by atoms with Crippen LogP contribution < -0.4 is 10.6 Å².